The highest BCUT2D eigenvalue weighted by molar-refractivity contribution is 9.10. The Morgan fingerprint density at radius 2 is 2.19 bits per heavy atom. The minimum Gasteiger partial charge on any atom is -0.398 e. The molecule has 3 nitrogen and oxygen atoms in total. The Morgan fingerprint density at radius 3 is 2.75 bits per heavy atom. The molecule has 0 spiro atoms. The Kier molecular flexibility index (Phi) is 3.84. The van der Waals surface area contributed by atoms with Gasteiger partial charge < -0.3 is 10.8 Å². The van der Waals surface area contributed by atoms with Crippen LogP contribution in [0.4, 0.5) is 5.69 Å². The van der Waals surface area contributed by atoms with E-state index in [0.29, 0.717) is 6.04 Å². The zero-order chi connectivity index (χ0) is 11.5. The minimum absolute atomic E-state index is 0.225. The quantitative estimate of drug-likeness (QED) is 0.813. The molecule has 1 aromatic rings. The molecule has 0 unspecified atom stereocenters. The van der Waals surface area contributed by atoms with Gasteiger partial charge in [-0.15, -0.1) is 0 Å². The van der Waals surface area contributed by atoms with Crippen LogP contribution < -0.4 is 5.73 Å². The fraction of sp³-hybridized carbons (Fsp3) is 0.500. The summed E-state index contributed by atoms with van der Waals surface area (Å²) in [7, 11) is 0. The third-order valence-corrected chi connectivity index (χ3v) is 3.62. The van der Waals surface area contributed by atoms with E-state index in [1.54, 1.807) is 0 Å². The lowest BCUT2D eigenvalue weighted by atomic mass is 10.2. The average Bonchev–Trinajstić information content (AvgIpc) is 3.06. The van der Waals surface area contributed by atoms with E-state index >= 15 is 0 Å². The number of anilines is 1. The van der Waals surface area contributed by atoms with Crippen molar-refractivity contribution in [1.29, 1.82) is 0 Å². The number of aliphatic hydroxyl groups excluding tert-OH is 1. The van der Waals surface area contributed by atoms with Crippen LogP contribution in [0, 0.1) is 0 Å². The van der Waals surface area contributed by atoms with Gasteiger partial charge in [0.15, 0.2) is 0 Å². The molecule has 1 fully saturated rings. The first-order valence-electron chi connectivity index (χ1n) is 5.59. The second kappa shape index (κ2) is 5.17. The monoisotopic (exact) mass is 284 g/mol. The summed E-state index contributed by atoms with van der Waals surface area (Å²) in [4.78, 5) is 2.32. The molecular formula is C12H17BrN2O. The molecule has 2 rings (SSSR count). The van der Waals surface area contributed by atoms with Gasteiger partial charge in [-0.05, 0) is 46.5 Å². The summed E-state index contributed by atoms with van der Waals surface area (Å²) in [5.41, 5.74) is 7.83. The molecule has 1 aliphatic rings. The van der Waals surface area contributed by atoms with Crippen LogP contribution in [0.15, 0.2) is 22.7 Å². The molecule has 4 heteroatoms. The summed E-state index contributed by atoms with van der Waals surface area (Å²) in [5, 5.41) is 9.02. The molecule has 1 saturated carbocycles. The van der Waals surface area contributed by atoms with Crippen LogP contribution in [0.3, 0.4) is 0 Å². The molecule has 0 radical (unpaired) electrons. The van der Waals surface area contributed by atoms with Crippen molar-refractivity contribution in [3.05, 3.63) is 28.2 Å². The number of rotatable bonds is 5. The SMILES string of the molecule is Nc1cc(CN(CCO)C2CC2)ccc1Br. The van der Waals surface area contributed by atoms with E-state index in [4.69, 9.17) is 10.8 Å². The Bertz CT molecular complexity index is 366. The Hall–Kier alpha value is -0.580. The van der Waals surface area contributed by atoms with Crippen molar-refractivity contribution in [2.24, 2.45) is 0 Å². The second-order valence-electron chi connectivity index (χ2n) is 4.28. The number of hydrogen-bond acceptors (Lipinski definition) is 3. The first-order valence-corrected chi connectivity index (χ1v) is 6.39. The third kappa shape index (κ3) is 2.97. The highest BCUT2D eigenvalue weighted by Crippen LogP contribution is 2.29. The number of nitrogens with zero attached hydrogens (tertiary/aromatic N) is 1. The molecule has 0 bridgehead atoms. The first-order chi connectivity index (χ1) is 7.70. The largest absolute Gasteiger partial charge is 0.398 e. The molecule has 0 atom stereocenters. The summed E-state index contributed by atoms with van der Waals surface area (Å²) in [6, 6.07) is 6.72. The number of nitrogens with two attached hydrogens (primary N) is 1. The molecule has 88 valence electrons. The van der Waals surface area contributed by atoms with E-state index < -0.39 is 0 Å². The normalized spacial score (nSPS) is 15.7. The Balaban J connectivity index is 2.03. The molecule has 0 aromatic heterocycles. The van der Waals surface area contributed by atoms with Crippen molar-refractivity contribution in [3.63, 3.8) is 0 Å². The van der Waals surface area contributed by atoms with Crippen molar-refractivity contribution in [1.82, 2.24) is 4.90 Å². The molecule has 1 aliphatic carbocycles. The smallest absolute Gasteiger partial charge is 0.0558 e. The zero-order valence-corrected chi connectivity index (χ0v) is 10.8. The summed E-state index contributed by atoms with van der Waals surface area (Å²) >= 11 is 3.39. The number of halogens is 1. The molecule has 0 heterocycles. The number of hydrogen-bond donors (Lipinski definition) is 2. The molecule has 1 aromatic carbocycles. The summed E-state index contributed by atoms with van der Waals surface area (Å²) in [6.07, 6.45) is 2.51. The number of aliphatic hydroxyl groups is 1. The first kappa shape index (κ1) is 11.9. The van der Waals surface area contributed by atoms with Crippen molar-refractivity contribution < 1.29 is 5.11 Å². The van der Waals surface area contributed by atoms with E-state index in [2.05, 4.69) is 26.9 Å². The van der Waals surface area contributed by atoms with E-state index in [0.717, 1.165) is 23.2 Å². The van der Waals surface area contributed by atoms with Gasteiger partial charge >= 0.3 is 0 Å². The van der Waals surface area contributed by atoms with E-state index in [1.165, 1.54) is 18.4 Å². The van der Waals surface area contributed by atoms with E-state index in [-0.39, 0.29) is 6.61 Å². The summed E-state index contributed by atoms with van der Waals surface area (Å²) in [5.74, 6) is 0. The maximum Gasteiger partial charge on any atom is 0.0558 e. The van der Waals surface area contributed by atoms with Crippen molar-refractivity contribution >= 4 is 21.6 Å². The zero-order valence-electron chi connectivity index (χ0n) is 9.19. The summed E-state index contributed by atoms with van der Waals surface area (Å²) in [6.45, 7) is 1.85. The highest BCUT2D eigenvalue weighted by atomic mass is 79.9. The number of nitrogen functional groups attached to an aromatic ring is 1. The van der Waals surface area contributed by atoms with Gasteiger partial charge in [-0.1, -0.05) is 6.07 Å². The van der Waals surface area contributed by atoms with Gasteiger partial charge in [0, 0.05) is 29.3 Å². The van der Waals surface area contributed by atoms with Crippen LogP contribution in [0.2, 0.25) is 0 Å². The molecular weight excluding hydrogens is 268 g/mol. The Labute approximate surface area is 104 Å². The maximum atomic E-state index is 9.02. The predicted molar refractivity (Wildman–Crippen MR) is 69.1 cm³/mol. The summed E-state index contributed by atoms with van der Waals surface area (Å²) < 4.78 is 0.941. The fourth-order valence-corrected chi connectivity index (χ4v) is 2.13. The van der Waals surface area contributed by atoms with Crippen LogP contribution in [0.5, 0.6) is 0 Å². The molecule has 0 saturated heterocycles. The van der Waals surface area contributed by atoms with E-state index in [1.807, 2.05) is 12.1 Å². The molecule has 16 heavy (non-hydrogen) atoms. The van der Waals surface area contributed by atoms with Crippen LogP contribution >= 0.6 is 15.9 Å². The lowest BCUT2D eigenvalue weighted by molar-refractivity contribution is 0.183. The number of benzene rings is 1. The molecule has 3 N–H and O–H groups in total. The van der Waals surface area contributed by atoms with Crippen LogP contribution in [0.1, 0.15) is 18.4 Å². The molecule has 0 amide bonds. The van der Waals surface area contributed by atoms with Crippen LogP contribution in [-0.2, 0) is 6.54 Å². The van der Waals surface area contributed by atoms with Crippen molar-refractivity contribution in [2.45, 2.75) is 25.4 Å². The second-order valence-corrected chi connectivity index (χ2v) is 5.14. The van der Waals surface area contributed by atoms with Gasteiger partial charge in [0.2, 0.25) is 0 Å². The van der Waals surface area contributed by atoms with Crippen LogP contribution in [0.25, 0.3) is 0 Å². The maximum absolute atomic E-state index is 9.02. The van der Waals surface area contributed by atoms with Crippen molar-refractivity contribution in [3.8, 4) is 0 Å². The predicted octanol–water partition coefficient (Wildman–Crippen LogP) is 1.99. The standard InChI is InChI=1S/C12H17BrN2O/c13-11-4-1-9(7-12(11)14)8-15(5-6-16)10-2-3-10/h1,4,7,10,16H,2-3,5-6,8,14H2. The van der Waals surface area contributed by atoms with Gasteiger partial charge in [-0.2, -0.15) is 0 Å². The topological polar surface area (TPSA) is 49.5 Å². The third-order valence-electron chi connectivity index (χ3n) is 2.90. The van der Waals surface area contributed by atoms with Gasteiger partial charge in [0.1, 0.15) is 0 Å². The van der Waals surface area contributed by atoms with Gasteiger partial charge in [0.25, 0.3) is 0 Å². The van der Waals surface area contributed by atoms with Gasteiger partial charge in [-0.3, -0.25) is 4.90 Å². The lowest BCUT2D eigenvalue weighted by Crippen LogP contribution is -2.28. The highest BCUT2D eigenvalue weighted by Gasteiger charge is 2.28. The Morgan fingerprint density at radius 1 is 1.44 bits per heavy atom. The van der Waals surface area contributed by atoms with Gasteiger partial charge in [-0.25, -0.2) is 0 Å². The molecule has 0 aliphatic heterocycles. The van der Waals surface area contributed by atoms with E-state index in [9.17, 15) is 0 Å². The van der Waals surface area contributed by atoms with Gasteiger partial charge in [0.05, 0.1) is 6.61 Å². The lowest BCUT2D eigenvalue weighted by Gasteiger charge is -2.21. The fourth-order valence-electron chi connectivity index (χ4n) is 1.88. The van der Waals surface area contributed by atoms with Crippen molar-refractivity contribution in [2.75, 3.05) is 18.9 Å². The van der Waals surface area contributed by atoms with Crippen LogP contribution in [-0.4, -0.2) is 29.2 Å². The average molecular weight is 285 g/mol. The minimum atomic E-state index is 0.225.